The maximum absolute atomic E-state index is 11.6. The Kier molecular flexibility index (Phi) is 4.46. The number of aryl methyl sites for hydroxylation is 2. The Bertz CT molecular complexity index is 480. The lowest BCUT2D eigenvalue weighted by Gasteiger charge is -2.00. The predicted octanol–water partition coefficient (Wildman–Crippen LogP) is 1.72. The summed E-state index contributed by atoms with van der Waals surface area (Å²) in [4.78, 5) is 15.7. The molecule has 0 radical (unpaired) electrons. The molecule has 0 fully saturated rings. The molecule has 1 amide bonds. The van der Waals surface area contributed by atoms with E-state index in [0.717, 1.165) is 6.42 Å². The molecule has 1 rings (SSSR count). The summed E-state index contributed by atoms with van der Waals surface area (Å²) >= 11 is 0. The van der Waals surface area contributed by atoms with Crippen molar-refractivity contribution in [1.29, 1.82) is 5.26 Å². The molecule has 5 nitrogen and oxygen atoms in total. The second-order valence-corrected chi connectivity index (χ2v) is 3.61. The van der Waals surface area contributed by atoms with E-state index in [4.69, 9.17) is 9.68 Å². The summed E-state index contributed by atoms with van der Waals surface area (Å²) in [7, 11) is 0. The first-order chi connectivity index (χ1) is 8.08. The van der Waals surface area contributed by atoms with Gasteiger partial charge in [-0.1, -0.05) is 6.92 Å². The zero-order valence-electron chi connectivity index (χ0n) is 10.2. The SMILES string of the molecule is CCCNC(=O)C(C#N)=Cc1oc(C)nc1C. The fourth-order valence-electron chi connectivity index (χ4n) is 1.29. The van der Waals surface area contributed by atoms with Crippen molar-refractivity contribution in [3.63, 3.8) is 0 Å². The molecule has 17 heavy (non-hydrogen) atoms. The summed E-state index contributed by atoms with van der Waals surface area (Å²) in [5, 5.41) is 11.6. The lowest BCUT2D eigenvalue weighted by Crippen LogP contribution is -2.25. The van der Waals surface area contributed by atoms with E-state index < -0.39 is 0 Å². The summed E-state index contributed by atoms with van der Waals surface area (Å²) in [6, 6.07) is 1.86. The molecule has 90 valence electrons. The highest BCUT2D eigenvalue weighted by molar-refractivity contribution is 6.01. The number of rotatable bonds is 4. The van der Waals surface area contributed by atoms with Gasteiger partial charge in [0.1, 0.15) is 11.6 Å². The van der Waals surface area contributed by atoms with E-state index in [9.17, 15) is 4.79 Å². The quantitative estimate of drug-likeness (QED) is 0.634. The molecule has 5 heteroatoms. The van der Waals surface area contributed by atoms with Crippen LogP contribution in [0.15, 0.2) is 9.99 Å². The van der Waals surface area contributed by atoms with Gasteiger partial charge in [-0.15, -0.1) is 0 Å². The van der Waals surface area contributed by atoms with Gasteiger partial charge in [0.25, 0.3) is 5.91 Å². The minimum absolute atomic E-state index is 0.0256. The van der Waals surface area contributed by atoms with Gasteiger partial charge in [0.2, 0.25) is 0 Å². The molecule has 0 aliphatic carbocycles. The lowest BCUT2D eigenvalue weighted by atomic mass is 10.2. The number of nitrogens with one attached hydrogen (secondary N) is 1. The van der Waals surface area contributed by atoms with Crippen molar-refractivity contribution in [1.82, 2.24) is 10.3 Å². The summed E-state index contributed by atoms with van der Waals surface area (Å²) in [6.07, 6.45) is 2.24. The van der Waals surface area contributed by atoms with E-state index in [1.807, 2.05) is 13.0 Å². The van der Waals surface area contributed by atoms with E-state index in [-0.39, 0.29) is 11.5 Å². The Balaban J connectivity index is 2.91. The van der Waals surface area contributed by atoms with Crippen LogP contribution in [0, 0.1) is 25.2 Å². The Morgan fingerprint density at radius 2 is 2.29 bits per heavy atom. The highest BCUT2D eigenvalue weighted by atomic mass is 16.4. The molecule has 0 atom stereocenters. The Morgan fingerprint density at radius 3 is 2.76 bits per heavy atom. The number of nitrogens with zero attached hydrogens (tertiary/aromatic N) is 2. The van der Waals surface area contributed by atoms with E-state index in [0.29, 0.717) is 23.9 Å². The molecule has 1 heterocycles. The minimum atomic E-state index is -0.386. The number of hydrogen-bond acceptors (Lipinski definition) is 4. The van der Waals surface area contributed by atoms with E-state index in [2.05, 4.69) is 10.3 Å². The van der Waals surface area contributed by atoms with Crippen molar-refractivity contribution in [3.05, 3.63) is 22.9 Å². The van der Waals surface area contributed by atoms with Gasteiger partial charge in [-0.25, -0.2) is 4.98 Å². The molecule has 0 aromatic carbocycles. The largest absolute Gasteiger partial charge is 0.441 e. The first-order valence-corrected chi connectivity index (χ1v) is 5.42. The lowest BCUT2D eigenvalue weighted by molar-refractivity contribution is -0.117. The smallest absolute Gasteiger partial charge is 0.262 e. The van der Waals surface area contributed by atoms with Crippen molar-refractivity contribution in [2.24, 2.45) is 0 Å². The molecule has 0 aliphatic rings. The molecular formula is C12H15N3O2. The van der Waals surface area contributed by atoms with Gasteiger partial charge >= 0.3 is 0 Å². The van der Waals surface area contributed by atoms with Crippen molar-refractivity contribution in [2.75, 3.05) is 6.54 Å². The number of hydrogen-bond donors (Lipinski definition) is 1. The number of aromatic nitrogens is 1. The molecule has 0 saturated carbocycles. The van der Waals surface area contributed by atoms with Gasteiger partial charge in [-0.2, -0.15) is 5.26 Å². The van der Waals surface area contributed by atoms with Crippen LogP contribution in [0.2, 0.25) is 0 Å². The number of nitriles is 1. The van der Waals surface area contributed by atoms with Crippen molar-refractivity contribution >= 4 is 12.0 Å². The number of oxazole rings is 1. The Morgan fingerprint density at radius 1 is 1.59 bits per heavy atom. The van der Waals surface area contributed by atoms with Gasteiger partial charge in [0.05, 0.1) is 5.69 Å². The minimum Gasteiger partial charge on any atom is -0.441 e. The summed E-state index contributed by atoms with van der Waals surface area (Å²) in [5.41, 5.74) is 0.691. The van der Waals surface area contributed by atoms with Crippen LogP contribution in [-0.4, -0.2) is 17.4 Å². The maximum atomic E-state index is 11.6. The average Bonchev–Trinajstić information content (AvgIpc) is 2.61. The zero-order valence-corrected chi connectivity index (χ0v) is 10.2. The van der Waals surface area contributed by atoms with E-state index in [1.165, 1.54) is 6.08 Å². The van der Waals surface area contributed by atoms with Gasteiger partial charge in [-0.05, 0) is 13.3 Å². The first-order valence-electron chi connectivity index (χ1n) is 5.42. The van der Waals surface area contributed by atoms with Crippen molar-refractivity contribution in [2.45, 2.75) is 27.2 Å². The van der Waals surface area contributed by atoms with Crippen LogP contribution in [0.25, 0.3) is 6.08 Å². The van der Waals surface area contributed by atoms with E-state index >= 15 is 0 Å². The monoisotopic (exact) mass is 233 g/mol. The molecule has 1 N–H and O–H groups in total. The summed E-state index contributed by atoms with van der Waals surface area (Å²) in [6.45, 7) is 5.97. The second-order valence-electron chi connectivity index (χ2n) is 3.61. The maximum Gasteiger partial charge on any atom is 0.262 e. The Hall–Kier alpha value is -2.09. The molecule has 0 bridgehead atoms. The topological polar surface area (TPSA) is 78.9 Å². The highest BCUT2D eigenvalue weighted by Crippen LogP contribution is 2.13. The van der Waals surface area contributed by atoms with Crippen LogP contribution >= 0.6 is 0 Å². The number of carbonyl (C=O) groups is 1. The third-order valence-corrected chi connectivity index (χ3v) is 2.12. The van der Waals surface area contributed by atoms with Crippen LogP contribution < -0.4 is 5.32 Å². The molecule has 1 aromatic heterocycles. The Labute approximate surface area is 100 Å². The zero-order chi connectivity index (χ0) is 12.8. The normalized spacial score (nSPS) is 11.1. The average molecular weight is 233 g/mol. The van der Waals surface area contributed by atoms with Crippen LogP contribution in [0.5, 0.6) is 0 Å². The summed E-state index contributed by atoms with van der Waals surface area (Å²) in [5.74, 6) is 0.577. The standard InChI is InChI=1S/C12H15N3O2/c1-4-5-14-12(16)10(7-13)6-11-8(2)15-9(3)17-11/h6H,4-5H2,1-3H3,(H,14,16). The predicted molar refractivity (Wildman–Crippen MR) is 62.9 cm³/mol. The fourth-order valence-corrected chi connectivity index (χ4v) is 1.29. The van der Waals surface area contributed by atoms with Crippen LogP contribution in [0.4, 0.5) is 0 Å². The molecule has 0 unspecified atom stereocenters. The van der Waals surface area contributed by atoms with Crippen LogP contribution in [-0.2, 0) is 4.79 Å². The molecule has 1 aromatic rings. The third kappa shape index (κ3) is 3.45. The molecule has 0 saturated heterocycles. The van der Waals surface area contributed by atoms with Gasteiger partial charge in [0, 0.05) is 19.5 Å². The van der Waals surface area contributed by atoms with Gasteiger partial charge < -0.3 is 9.73 Å². The molecular weight excluding hydrogens is 218 g/mol. The molecule has 0 spiro atoms. The fraction of sp³-hybridized carbons (Fsp3) is 0.417. The van der Waals surface area contributed by atoms with Crippen LogP contribution in [0.1, 0.15) is 30.7 Å². The van der Waals surface area contributed by atoms with Crippen LogP contribution in [0.3, 0.4) is 0 Å². The van der Waals surface area contributed by atoms with Gasteiger partial charge in [-0.3, -0.25) is 4.79 Å². The number of amides is 1. The number of carbonyl (C=O) groups excluding carboxylic acids is 1. The molecule has 0 aliphatic heterocycles. The van der Waals surface area contributed by atoms with Crippen molar-refractivity contribution in [3.8, 4) is 6.07 Å². The highest BCUT2D eigenvalue weighted by Gasteiger charge is 2.11. The van der Waals surface area contributed by atoms with E-state index in [1.54, 1.807) is 13.8 Å². The first kappa shape index (κ1) is 13.0. The second kappa shape index (κ2) is 5.85. The van der Waals surface area contributed by atoms with Crippen molar-refractivity contribution < 1.29 is 9.21 Å². The third-order valence-electron chi connectivity index (χ3n) is 2.12. The van der Waals surface area contributed by atoms with Gasteiger partial charge in [0.15, 0.2) is 11.7 Å². The summed E-state index contributed by atoms with van der Waals surface area (Å²) < 4.78 is 5.28.